The number of carbonyl (C=O) groups is 1. The summed E-state index contributed by atoms with van der Waals surface area (Å²) in [5, 5.41) is 0. The van der Waals surface area contributed by atoms with Crippen molar-refractivity contribution < 1.29 is 13.2 Å². The van der Waals surface area contributed by atoms with E-state index in [4.69, 9.17) is 0 Å². The van der Waals surface area contributed by atoms with Crippen molar-refractivity contribution in [2.24, 2.45) is 0 Å². The fourth-order valence-corrected chi connectivity index (χ4v) is 2.76. The van der Waals surface area contributed by atoms with Crippen LogP contribution in [0.25, 0.3) is 0 Å². The molecule has 1 N–H and O–H groups in total. The number of nitrogens with one attached hydrogen (secondary N) is 1. The van der Waals surface area contributed by atoms with Gasteiger partial charge < -0.3 is 0 Å². The first kappa shape index (κ1) is 14.4. The first-order valence-corrected chi connectivity index (χ1v) is 7.24. The van der Waals surface area contributed by atoms with E-state index in [1.165, 1.54) is 6.92 Å². The van der Waals surface area contributed by atoms with E-state index < -0.39 is 10.0 Å². The van der Waals surface area contributed by atoms with E-state index in [2.05, 4.69) is 11.3 Å². The summed E-state index contributed by atoms with van der Waals surface area (Å²) < 4.78 is 26.0. The van der Waals surface area contributed by atoms with Crippen LogP contribution in [0.15, 0.2) is 30.9 Å². The molecule has 5 heteroatoms. The van der Waals surface area contributed by atoms with E-state index in [9.17, 15) is 13.2 Å². The predicted octanol–water partition coefficient (Wildman–Crippen LogP) is 2.52. The number of carbonyl (C=O) groups excluding carboxylic acids is 1. The van der Waals surface area contributed by atoms with Crippen LogP contribution in [0.3, 0.4) is 0 Å². The number of Topliss-reactive ketones (excluding diaryl/α,β-unsaturated/α-hetero) is 1. The summed E-state index contributed by atoms with van der Waals surface area (Å²) in [7, 11) is -3.44. The highest BCUT2D eigenvalue weighted by molar-refractivity contribution is 7.92. The summed E-state index contributed by atoms with van der Waals surface area (Å²) in [4.78, 5) is 11.5. The molecule has 1 rings (SSSR count). The Bertz CT molecular complexity index is 562. The minimum Gasteiger partial charge on any atom is -0.294 e. The van der Waals surface area contributed by atoms with Crippen LogP contribution < -0.4 is 4.72 Å². The lowest BCUT2D eigenvalue weighted by Gasteiger charge is -2.12. The molecule has 0 aromatic heterocycles. The molecule has 0 unspecified atom stereocenters. The zero-order chi connectivity index (χ0) is 13.8. The molecule has 0 aliphatic carbocycles. The molecule has 0 saturated heterocycles. The second-order valence-corrected chi connectivity index (χ2v) is 5.89. The van der Waals surface area contributed by atoms with Crippen molar-refractivity contribution in [1.82, 2.24) is 0 Å². The Hall–Kier alpha value is -1.62. The predicted molar refractivity (Wildman–Crippen MR) is 73.4 cm³/mol. The third-order valence-electron chi connectivity index (χ3n) is 2.48. The summed E-state index contributed by atoms with van der Waals surface area (Å²) in [6, 6.07) is 5.08. The second kappa shape index (κ2) is 5.82. The van der Waals surface area contributed by atoms with E-state index in [1.807, 2.05) is 0 Å². The Morgan fingerprint density at radius 3 is 2.67 bits per heavy atom. The molecule has 0 radical (unpaired) electrons. The van der Waals surface area contributed by atoms with Gasteiger partial charge in [0.25, 0.3) is 0 Å². The zero-order valence-electron chi connectivity index (χ0n) is 10.6. The van der Waals surface area contributed by atoms with Gasteiger partial charge >= 0.3 is 0 Å². The van der Waals surface area contributed by atoms with E-state index in [0.29, 0.717) is 17.7 Å². The van der Waals surface area contributed by atoms with Crippen LogP contribution in [0.1, 0.15) is 29.3 Å². The van der Waals surface area contributed by atoms with E-state index in [1.54, 1.807) is 31.2 Å². The molecule has 0 fully saturated rings. The molecule has 0 amide bonds. The van der Waals surface area contributed by atoms with Crippen molar-refractivity contribution in [3.63, 3.8) is 0 Å². The van der Waals surface area contributed by atoms with Crippen LogP contribution in [-0.4, -0.2) is 20.0 Å². The maximum Gasteiger partial charge on any atom is 0.233 e. The topological polar surface area (TPSA) is 63.2 Å². The number of aryl methyl sites for hydroxylation is 1. The molecule has 0 bridgehead atoms. The number of allylic oxidation sites excluding steroid dienone is 1. The molecule has 0 heterocycles. The monoisotopic (exact) mass is 267 g/mol. The zero-order valence-corrected chi connectivity index (χ0v) is 11.4. The first-order valence-electron chi connectivity index (χ1n) is 5.59. The number of ketones is 1. The lowest BCUT2D eigenvalue weighted by atomic mass is 10.0. The highest BCUT2D eigenvalue weighted by Crippen LogP contribution is 2.21. The molecule has 0 spiro atoms. The molecule has 4 nitrogen and oxygen atoms in total. The van der Waals surface area contributed by atoms with Gasteiger partial charge in [0, 0.05) is 5.56 Å². The van der Waals surface area contributed by atoms with Gasteiger partial charge in [-0.05, 0) is 31.9 Å². The highest BCUT2D eigenvalue weighted by atomic mass is 32.2. The summed E-state index contributed by atoms with van der Waals surface area (Å²) in [6.45, 7) is 6.68. The third kappa shape index (κ3) is 3.70. The molecule has 0 aliphatic rings. The van der Waals surface area contributed by atoms with Gasteiger partial charge in [-0.15, -0.1) is 6.58 Å². The Morgan fingerprint density at radius 2 is 2.11 bits per heavy atom. The van der Waals surface area contributed by atoms with Crippen LogP contribution in [0.4, 0.5) is 5.69 Å². The molecule has 98 valence electrons. The Morgan fingerprint density at radius 1 is 1.44 bits per heavy atom. The van der Waals surface area contributed by atoms with Crippen molar-refractivity contribution in [2.45, 2.75) is 20.3 Å². The SMILES string of the molecule is C=CCCS(=O)(=O)Nc1cccc(C)c1C(C)=O. The summed E-state index contributed by atoms with van der Waals surface area (Å²) in [6.07, 6.45) is 1.91. The van der Waals surface area contributed by atoms with Gasteiger partial charge in [-0.1, -0.05) is 18.2 Å². The van der Waals surface area contributed by atoms with E-state index >= 15 is 0 Å². The minimum atomic E-state index is -3.44. The van der Waals surface area contributed by atoms with Crippen molar-refractivity contribution in [3.8, 4) is 0 Å². The van der Waals surface area contributed by atoms with Gasteiger partial charge in [-0.2, -0.15) is 0 Å². The molecule has 0 atom stereocenters. The van der Waals surface area contributed by atoms with Crippen molar-refractivity contribution >= 4 is 21.5 Å². The molecule has 0 saturated carbocycles. The van der Waals surface area contributed by atoms with Crippen LogP contribution >= 0.6 is 0 Å². The van der Waals surface area contributed by atoms with Gasteiger partial charge in [0.05, 0.1) is 11.4 Å². The number of anilines is 1. The summed E-state index contributed by atoms with van der Waals surface area (Å²) in [5.74, 6) is -0.198. The summed E-state index contributed by atoms with van der Waals surface area (Å²) in [5.41, 5.74) is 1.51. The number of hydrogen-bond donors (Lipinski definition) is 1. The lowest BCUT2D eigenvalue weighted by Crippen LogP contribution is -2.18. The van der Waals surface area contributed by atoms with Gasteiger partial charge in [-0.3, -0.25) is 9.52 Å². The lowest BCUT2D eigenvalue weighted by molar-refractivity contribution is 0.101. The van der Waals surface area contributed by atoms with Crippen LogP contribution in [0.5, 0.6) is 0 Å². The Balaban J connectivity index is 3.08. The van der Waals surface area contributed by atoms with Gasteiger partial charge in [0.2, 0.25) is 10.0 Å². The fourth-order valence-electron chi connectivity index (χ4n) is 1.68. The van der Waals surface area contributed by atoms with Gasteiger partial charge in [-0.25, -0.2) is 8.42 Å². The van der Waals surface area contributed by atoms with Crippen molar-refractivity contribution in [2.75, 3.05) is 10.5 Å². The molecular formula is C13H17NO3S. The summed E-state index contributed by atoms with van der Waals surface area (Å²) >= 11 is 0. The number of rotatable bonds is 6. The highest BCUT2D eigenvalue weighted by Gasteiger charge is 2.15. The van der Waals surface area contributed by atoms with Gasteiger partial charge in [0.1, 0.15) is 0 Å². The maximum absolute atomic E-state index is 11.8. The van der Waals surface area contributed by atoms with Crippen LogP contribution in [0, 0.1) is 6.92 Å². The normalized spacial score (nSPS) is 11.0. The van der Waals surface area contributed by atoms with E-state index in [0.717, 1.165) is 5.56 Å². The molecule has 0 aliphatic heterocycles. The average Bonchev–Trinajstić information content (AvgIpc) is 2.25. The number of benzene rings is 1. The average molecular weight is 267 g/mol. The van der Waals surface area contributed by atoms with Gasteiger partial charge in [0.15, 0.2) is 5.78 Å². The Labute approximate surface area is 108 Å². The quantitative estimate of drug-likeness (QED) is 0.636. The standard InChI is InChI=1S/C13H17NO3S/c1-4-5-9-18(16,17)14-12-8-6-7-10(2)13(12)11(3)15/h4,6-8,14H,1,5,9H2,2-3H3. The number of sulfonamides is 1. The van der Waals surface area contributed by atoms with Crippen LogP contribution in [-0.2, 0) is 10.0 Å². The van der Waals surface area contributed by atoms with Crippen molar-refractivity contribution in [1.29, 1.82) is 0 Å². The number of hydrogen-bond acceptors (Lipinski definition) is 3. The molecule has 1 aromatic rings. The van der Waals surface area contributed by atoms with E-state index in [-0.39, 0.29) is 11.5 Å². The van der Waals surface area contributed by atoms with Crippen LogP contribution in [0.2, 0.25) is 0 Å². The smallest absolute Gasteiger partial charge is 0.233 e. The first-order chi connectivity index (χ1) is 8.37. The third-order valence-corrected chi connectivity index (χ3v) is 3.79. The Kier molecular flexibility index (Phi) is 4.67. The minimum absolute atomic E-state index is 0.0399. The maximum atomic E-state index is 11.8. The largest absolute Gasteiger partial charge is 0.294 e. The fraction of sp³-hybridized carbons (Fsp3) is 0.308. The van der Waals surface area contributed by atoms with Crippen molar-refractivity contribution in [3.05, 3.63) is 42.0 Å². The molecule has 18 heavy (non-hydrogen) atoms. The molecule has 1 aromatic carbocycles. The second-order valence-electron chi connectivity index (χ2n) is 4.05. The molecular weight excluding hydrogens is 250 g/mol.